The lowest BCUT2D eigenvalue weighted by Gasteiger charge is -2.37. The van der Waals surface area contributed by atoms with E-state index in [1.807, 2.05) is 0 Å². The molecule has 17 heavy (non-hydrogen) atoms. The van der Waals surface area contributed by atoms with Crippen molar-refractivity contribution in [2.24, 2.45) is 0 Å². The molecule has 2 atom stereocenters. The van der Waals surface area contributed by atoms with Crippen molar-refractivity contribution in [1.29, 1.82) is 0 Å². The van der Waals surface area contributed by atoms with Gasteiger partial charge in [0.05, 0.1) is 0 Å². The molecule has 3 heteroatoms. The van der Waals surface area contributed by atoms with Crippen LogP contribution in [0.3, 0.4) is 0 Å². The highest BCUT2D eigenvalue weighted by atomic mass is 16.2. The average Bonchev–Trinajstić information content (AvgIpc) is 2.67. The first kappa shape index (κ1) is 12.9. The van der Waals surface area contributed by atoms with Gasteiger partial charge in [-0.2, -0.15) is 0 Å². The molecule has 98 valence electrons. The van der Waals surface area contributed by atoms with Crippen LogP contribution in [0.2, 0.25) is 0 Å². The van der Waals surface area contributed by atoms with Crippen LogP contribution in [0.15, 0.2) is 0 Å². The second kappa shape index (κ2) is 5.85. The molecule has 2 saturated heterocycles. The van der Waals surface area contributed by atoms with E-state index in [0.717, 1.165) is 25.8 Å². The Labute approximate surface area is 105 Å². The second-order valence-corrected chi connectivity index (χ2v) is 5.55. The molecule has 0 aromatic rings. The molecular formula is C14H26N2O. The zero-order valence-corrected chi connectivity index (χ0v) is 11.2. The molecule has 2 bridgehead atoms. The Balaban J connectivity index is 1.91. The van der Waals surface area contributed by atoms with Crippen molar-refractivity contribution in [1.82, 2.24) is 10.2 Å². The summed E-state index contributed by atoms with van der Waals surface area (Å²) in [5, 5.41) is 3.64. The number of carbonyl (C=O) groups excluding carboxylic acids is 1. The number of hydrogen-bond acceptors (Lipinski definition) is 2. The van der Waals surface area contributed by atoms with Crippen molar-refractivity contribution >= 4 is 5.91 Å². The number of piperidine rings is 1. The summed E-state index contributed by atoms with van der Waals surface area (Å²) < 4.78 is 0. The third-order valence-corrected chi connectivity index (χ3v) is 4.29. The van der Waals surface area contributed by atoms with Crippen LogP contribution in [-0.4, -0.2) is 35.5 Å². The summed E-state index contributed by atoms with van der Waals surface area (Å²) in [5.41, 5.74) is 0. The number of rotatable bonds is 5. The number of carbonyl (C=O) groups is 1. The van der Waals surface area contributed by atoms with Crippen molar-refractivity contribution in [3.63, 3.8) is 0 Å². The minimum absolute atomic E-state index is 0.376. The molecule has 0 aromatic heterocycles. The number of nitrogens with zero attached hydrogens (tertiary/aromatic N) is 1. The van der Waals surface area contributed by atoms with Crippen LogP contribution in [0, 0.1) is 0 Å². The lowest BCUT2D eigenvalue weighted by atomic mass is 9.97. The molecule has 3 nitrogen and oxygen atoms in total. The summed E-state index contributed by atoms with van der Waals surface area (Å²) in [6.45, 7) is 5.15. The van der Waals surface area contributed by atoms with E-state index < -0.39 is 0 Å². The van der Waals surface area contributed by atoms with E-state index >= 15 is 0 Å². The molecule has 2 heterocycles. The van der Waals surface area contributed by atoms with Crippen molar-refractivity contribution in [2.75, 3.05) is 6.54 Å². The zero-order chi connectivity index (χ0) is 12.3. The van der Waals surface area contributed by atoms with Gasteiger partial charge in [0.2, 0.25) is 5.91 Å². The fraction of sp³-hybridized carbons (Fsp3) is 0.929. The number of hydrogen-bond donors (Lipinski definition) is 1. The topological polar surface area (TPSA) is 32.3 Å². The summed E-state index contributed by atoms with van der Waals surface area (Å²) in [4.78, 5) is 14.3. The molecule has 0 radical (unpaired) electrons. The molecule has 2 fully saturated rings. The fourth-order valence-electron chi connectivity index (χ4n) is 3.39. The van der Waals surface area contributed by atoms with E-state index in [0.29, 0.717) is 24.0 Å². The molecule has 0 aliphatic carbocycles. The lowest BCUT2D eigenvalue weighted by Crippen LogP contribution is -2.50. The quantitative estimate of drug-likeness (QED) is 0.797. The minimum atomic E-state index is 0.376. The maximum Gasteiger partial charge on any atom is 0.222 e. The third-order valence-electron chi connectivity index (χ3n) is 4.29. The van der Waals surface area contributed by atoms with Crippen molar-refractivity contribution < 1.29 is 4.79 Å². The number of amides is 1. The lowest BCUT2D eigenvalue weighted by molar-refractivity contribution is -0.134. The van der Waals surface area contributed by atoms with Crippen LogP contribution >= 0.6 is 0 Å². The molecule has 2 aliphatic rings. The first-order valence-corrected chi connectivity index (χ1v) is 7.30. The Hall–Kier alpha value is -0.570. The highest BCUT2D eigenvalue weighted by Gasteiger charge is 2.36. The van der Waals surface area contributed by atoms with Gasteiger partial charge in [-0.15, -0.1) is 0 Å². The van der Waals surface area contributed by atoms with Gasteiger partial charge in [-0.25, -0.2) is 0 Å². The normalized spacial score (nSPS) is 31.5. The molecule has 2 aliphatic heterocycles. The van der Waals surface area contributed by atoms with E-state index in [2.05, 4.69) is 24.1 Å². The maximum atomic E-state index is 12.2. The largest absolute Gasteiger partial charge is 0.340 e. The summed E-state index contributed by atoms with van der Waals surface area (Å²) in [6, 6.07) is 1.85. The Kier molecular flexibility index (Phi) is 4.43. The molecule has 0 spiro atoms. The standard InChI is InChI=1S/C14H26N2O/c1-3-5-6-14(17)16(4-2)13-9-11-7-8-12(10-13)15-11/h11-13,15H,3-10H2,1-2H3. The van der Waals surface area contributed by atoms with E-state index in [1.54, 1.807) is 0 Å². The van der Waals surface area contributed by atoms with E-state index in [1.165, 1.54) is 25.7 Å². The summed E-state index contributed by atoms with van der Waals surface area (Å²) in [6.07, 6.45) is 7.84. The van der Waals surface area contributed by atoms with Gasteiger partial charge in [0, 0.05) is 31.1 Å². The van der Waals surface area contributed by atoms with Crippen LogP contribution < -0.4 is 5.32 Å². The Morgan fingerprint density at radius 3 is 2.41 bits per heavy atom. The smallest absolute Gasteiger partial charge is 0.222 e. The predicted molar refractivity (Wildman–Crippen MR) is 69.9 cm³/mol. The van der Waals surface area contributed by atoms with Crippen molar-refractivity contribution in [2.45, 2.75) is 76.9 Å². The molecular weight excluding hydrogens is 212 g/mol. The zero-order valence-electron chi connectivity index (χ0n) is 11.2. The van der Waals surface area contributed by atoms with Crippen molar-refractivity contribution in [3.05, 3.63) is 0 Å². The van der Waals surface area contributed by atoms with Crippen LogP contribution in [-0.2, 0) is 4.79 Å². The fourth-order valence-corrected chi connectivity index (χ4v) is 3.39. The summed E-state index contributed by atoms with van der Waals surface area (Å²) in [7, 11) is 0. The summed E-state index contributed by atoms with van der Waals surface area (Å²) >= 11 is 0. The van der Waals surface area contributed by atoms with Gasteiger partial charge in [0.1, 0.15) is 0 Å². The monoisotopic (exact) mass is 238 g/mol. The molecule has 1 amide bonds. The van der Waals surface area contributed by atoms with Crippen LogP contribution in [0.4, 0.5) is 0 Å². The first-order chi connectivity index (χ1) is 8.24. The molecule has 2 rings (SSSR count). The first-order valence-electron chi connectivity index (χ1n) is 7.30. The summed E-state index contributed by atoms with van der Waals surface area (Å²) in [5.74, 6) is 0.376. The van der Waals surface area contributed by atoms with Gasteiger partial charge >= 0.3 is 0 Å². The number of unbranched alkanes of at least 4 members (excludes halogenated alkanes) is 1. The molecule has 0 saturated carbocycles. The third kappa shape index (κ3) is 3.01. The highest BCUT2D eigenvalue weighted by molar-refractivity contribution is 5.76. The van der Waals surface area contributed by atoms with E-state index in [-0.39, 0.29) is 0 Å². The SMILES string of the molecule is CCCCC(=O)N(CC)C1CC2CCC(C1)N2. The Morgan fingerprint density at radius 1 is 1.24 bits per heavy atom. The van der Waals surface area contributed by atoms with E-state index in [9.17, 15) is 4.79 Å². The van der Waals surface area contributed by atoms with Crippen molar-refractivity contribution in [3.8, 4) is 0 Å². The number of fused-ring (bicyclic) bond motifs is 2. The molecule has 1 N–H and O–H groups in total. The van der Waals surface area contributed by atoms with Gasteiger partial charge in [-0.05, 0) is 39.0 Å². The van der Waals surface area contributed by atoms with Gasteiger partial charge < -0.3 is 10.2 Å². The van der Waals surface area contributed by atoms with Crippen LogP contribution in [0.1, 0.15) is 58.8 Å². The van der Waals surface area contributed by atoms with Gasteiger partial charge in [0.15, 0.2) is 0 Å². The van der Waals surface area contributed by atoms with Crippen LogP contribution in [0.25, 0.3) is 0 Å². The molecule has 0 aromatic carbocycles. The number of nitrogens with one attached hydrogen (secondary N) is 1. The highest BCUT2D eigenvalue weighted by Crippen LogP contribution is 2.30. The van der Waals surface area contributed by atoms with Gasteiger partial charge in [-0.1, -0.05) is 13.3 Å². The van der Waals surface area contributed by atoms with Gasteiger partial charge in [-0.3, -0.25) is 4.79 Å². The predicted octanol–water partition coefficient (Wildman–Crippen LogP) is 2.31. The van der Waals surface area contributed by atoms with Crippen LogP contribution in [0.5, 0.6) is 0 Å². The average molecular weight is 238 g/mol. The second-order valence-electron chi connectivity index (χ2n) is 5.55. The van der Waals surface area contributed by atoms with Gasteiger partial charge in [0.25, 0.3) is 0 Å². The Morgan fingerprint density at radius 2 is 1.88 bits per heavy atom. The molecule has 2 unspecified atom stereocenters. The minimum Gasteiger partial charge on any atom is -0.340 e. The maximum absolute atomic E-state index is 12.2. The Bertz CT molecular complexity index is 255. The van der Waals surface area contributed by atoms with E-state index in [4.69, 9.17) is 0 Å².